The number of piperidine rings is 1. The van der Waals surface area contributed by atoms with Crippen molar-refractivity contribution in [1.29, 1.82) is 0 Å². The largest absolute Gasteiger partial charge is 0.376 e. The molecule has 4 heterocycles. The highest BCUT2D eigenvalue weighted by atomic mass is 32.1. The van der Waals surface area contributed by atoms with E-state index in [0.717, 1.165) is 56.1 Å². The topological polar surface area (TPSA) is 47.4 Å². The highest BCUT2D eigenvalue weighted by Crippen LogP contribution is 2.30. The second-order valence-corrected chi connectivity index (χ2v) is 7.65. The monoisotopic (exact) mass is 345 g/mol. The third-order valence-electron chi connectivity index (χ3n) is 4.98. The summed E-state index contributed by atoms with van der Waals surface area (Å²) < 4.78 is 7.75. The lowest BCUT2D eigenvalue weighted by Crippen LogP contribution is -2.40. The van der Waals surface area contributed by atoms with Gasteiger partial charge in [-0.3, -0.25) is 4.79 Å². The van der Waals surface area contributed by atoms with E-state index >= 15 is 0 Å². The second-order valence-electron chi connectivity index (χ2n) is 6.51. The average molecular weight is 345 g/mol. The molecule has 0 saturated carbocycles. The fourth-order valence-electron chi connectivity index (χ4n) is 3.72. The van der Waals surface area contributed by atoms with E-state index in [2.05, 4.69) is 22.7 Å². The number of aryl methyl sites for hydroxylation is 1. The maximum absolute atomic E-state index is 13.0. The summed E-state index contributed by atoms with van der Waals surface area (Å²) in [4.78, 5) is 21.6. The van der Waals surface area contributed by atoms with Crippen molar-refractivity contribution >= 4 is 17.2 Å². The van der Waals surface area contributed by atoms with Crippen molar-refractivity contribution in [3.8, 4) is 0 Å². The Morgan fingerprint density at radius 3 is 3.25 bits per heavy atom. The molecule has 6 heteroatoms. The van der Waals surface area contributed by atoms with Crippen LogP contribution < -0.4 is 0 Å². The first-order valence-electron chi connectivity index (χ1n) is 8.76. The van der Waals surface area contributed by atoms with E-state index in [-0.39, 0.29) is 5.91 Å². The van der Waals surface area contributed by atoms with Crippen LogP contribution in [0, 0.1) is 0 Å². The van der Waals surface area contributed by atoms with Gasteiger partial charge in [0.15, 0.2) is 0 Å². The Balaban J connectivity index is 1.51. The van der Waals surface area contributed by atoms with Gasteiger partial charge < -0.3 is 14.2 Å². The summed E-state index contributed by atoms with van der Waals surface area (Å²) in [5, 5.41) is 0. The van der Waals surface area contributed by atoms with E-state index < -0.39 is 0 Å². The van der Waals surface area contributed by atoms with Gasteiger partial charge in [-0.25, -0.2) is 4.98 Å². The number of thiophene rings is 1. The van der Waals surface area contributed by atoms with Crippen molar-refractivity contribution in [3.05, 3.63) is 39.6 Å². The predicted molar refractivity (Wildman–Crippen MR) is 93.5 cm³/mol. The first-order valence-corrected chi connectivity index (χ1v) is 9.58. The van der Waals surface area contributed by atoms with Crippen LogP contribution in [0.1, 0.15) is 51.7 Å². The van der Waals surface area contributed by atoms with Crippen molar-refractivity contribution in [1.82, 2.24) is 14.5 Å². The number of fused-ring (bicyclic) bond motifs is 1. The molecular weight excluding hydrogens is 322 g/mol. The lowest BCUT2D eigenvalue weighted by molar-refractivity contribution is 0.0682. The third-order valence-corrected chi connectivity index (χ3v) is 6.21. The summed E-state index contributed by atoms with van der Waals surface area (Å²) in [5.74, 6) is 1.29. The number of carbonyl (C=O) groups is 1. The molecule has 0 N–H and O–H groups in total. The highest BCUT2D eigenvalue weighted by Gasteiger charge is 2.28. The molecule has 2 aliphatic heterocycles. The molecule has 24 heavy (non-hydrogen) atoms. The third kappa shape index (κ3) is 2.89. The van der Waals surface area contributed by atoms with Crippen LogP contribution in [-0.2, 0) is 24.2 Å². The van der Waals surface area contributed by atoms with E-state index in [1.165, 1.54) is 10.4 Å². The number of likely N-dealkylation sites (tertiary alicyclic amines) is 1. The van der Waals surface area contributed by atoms with Gasteiger partial charge in [0.1, 0.15) is 5.82 Å². The number of hydrogen-bond donors (Lipinski definition) is 0. The predicted octanol–water partition coefficient (Wildman–Crippen LogP) is 3.06. The van der Waals surface area contributed by atoms with E-state index in [9.17, 15) is 4.79 Å². The molecule has 0 bridgehead atoms. The maximum Gasteiger partial charge on any atom is 0.264 e. The summed E-state index contributed by atoms with van der Waals surface area (Å²) >= 11 is 1.65. The van der Waals surface area contributed by atoms with Crippen LogP contribution in [0.15, 0.2) is 18.5 Å². The van der Waals surface area contributed by atoms with Gasteiger partial charge in [0.05, 0.1) is 24.1 Å². The van der Waals surface area contributed by atoms with Gasteiger partial charge in [-0.1, -0.05) is 6.92 Å². The summed E-state index contributed by atoms with van der Waals surface area (Å²) in [6.45, 7) is 5.18. The Morgan fingerprint density at radius 1 is 1.50 bits per heavy atom. The Labute approximate surface area is 146 Å². The van der Waals surface area contributed by atoms with Crippen molar-refractivity contribution in [2.24, 2.45) is 0 Å². The first kappa shape index (κ1) is 15.8. The van der Waals surface area contributed by atoms with Crippen LogP contribution in [0.5, 0.6) is 0 Å². The average Bonchev–Trinajstić information content (AvgIpc) is 3.27. The van der Waals surface area contributed by atoms with Crippen LogP contribution >= 0.6 is 11.3 Å². The van der Waals surface area contributed by atoms with Crippen LogP contribution in [0.4, 0.5) is 0 Å². The molecule has 1 atom stereocenters. The molecule has 2 aliphatic rings. The van der Waals surface area contributed by atoms with E-state index in [1.807, 2.05) is 17.2 Å². The Hall–Kier alpha value is -1.66. The molecule has 5 nitrogen and oxygen atoms in total. The van der Waals surface area contributed by atoms with Crippen LogP contribution in [0.3, 0.4) is 0 Å². The summed E-state index contributed by atoms with van der Waals surface area (Å²) in [7, 11) is 0. The van der Waals surface area contributed by atoms with Crippen LogP contribution in [0.25, 0.3) is 0 Å². The molecule has 1 amide bonds. The first-order chi connectivity index (χ1) is 11.8. The Bertz CT molecular complexity index is 713. The molecule has 2 aromatic heterocycles. The highest BCUT2D eigenvalue weighted by molar-refractivity contribution is 7.14. The maximum atomic E-state index is 13.0. The quantitative estimate of drug-likeness (QED) is 0.859. The zero-order valence-corrected chi connectivity index (χ0v) is 14.8. The van der Waals surface area contributed by atoms with Gasteiger partial charge >= 0.3 is 0 Å². The summed E-state index contributed by atoms with van der Waals surface area (Å²) in [6.07, 6.45) is 7.94. The fraction of sp³-hybridized carbons (Fsp3) is 0.556. The van der Waals surface area contributed by atoms with E-state index in [0.29, 0.717) is 12.6 Å². The Kier molecular flexibility index (Phi) is 4.41. The SMILES string of the molecule is CCc1nccn1[C@H]1CCCN(C(=O)c2cc3c(s2)CCOC3)C1. The molecule has 1 fully saturated rings. The van der Waals surface area contributed by atoms with Crippen molar-refractivity contribution < 1.29 is 9.53 Å². The normalized spacial score (nSPS) is 20.9. The summed E-state index contributed by atoms with van der Waals surface area (Å²) in [5.41, 5.74) is 1.20. The van der Waals surface area contributed by atoms with E-state index in [4.69, 9.17) is 4.74 Å². The lowest BCUT2D eigenvalue weighted by Gasteiger charge is -2.33. The molecule has 0 aromatic carbocycles. The van der Waals surface area contributed by atoms with Gasteiger partial charge in [-0.2, -0.15) is 0 Å². The number of hydrogen-bond acceptors (Lipinski definition) is 4. The standard InChI is InChI=1S/C18H23N3O2S/c1-2-17-19-6-8-21(17)14-4-3-7-20(11-14)18(22)16-10-13-12-23-9-5-15(13)24-16/h6,8,10,14H,2-5,7,9,11-12H2,1H3/t14-/m0/s1. The molecule has 0 unspecified atom stereocenters. The Morgan fingerprint density at radius 2 is 2.42 bits per heavy atom. The smallest absolute Gasteiger partial charge is 0.264 e. The number of aromatic nitrogens is 2. The van der Waals surface area contributed by atoms with Gasteiger partial charge in [-0.05, 0) is 24.5 Å². The van der Waals surface area contributed by atoms with Crippen molar-refractivity contribution in [3.63, 3.8) is 0 Å². The summed E-state index contributed by atoms with van der Waals surface area (Å²) in [6, 6.07) is 2.39. The molecule has 128 valence electrons. The van der Waals surface area contributed by atoms with E-state index in [1.54, 1.807) is 11.3 Å². The zero-order valence-electron chi connectivity index (χ0n) is 14.0. The van der Waals surface area contributed by atoms with Crippen LogP contribution in [0.2, 0.25) is 0 Å². The number of ether oxygens (including phenoxy) is 1. The van der Waals surface area contributed by atoms with Gasteiger partial charge in [-0.15, -0.1) is 11.3 Å². The molecule has 0 aliphatic carbocycles. The van der Waals surface area contributed by atoms with Gasteiger partial charge in [0.25, 0.3) is 5.91 Å². The zero-order chi connectivity index (χ0) is 16.5. The number of carbonyl (C=O) groups excluding carboxylic acids is 1. The molecule has 2 aromatic rings. The van der Waals surface area contributed by atoms with Gasteiger partial charge in [0.2, 0.25) is 0 Å². The number of rotatable bonds is 3. The lowest BCUT2D eigenvalue weighted by atomic mass is 10.0. The van der Waals surface area contributed by atoms with Crippen LogP contribution in [-0.4, -0.2) is 40.1 Å². The molecule has 0 radical (unpaired) electrons. The number of imidazole rings is 1. The second kappa shape index (κ2) is 6.69. The fourth-order valence-corrected chi connectivity index (χ4v) is 4.84. The number of nitrogens with zero attached hydrogens (tertiary/aromatic N) is 3. The van der Waals surface area contributed by atoms with Crippen molar-refractivity contribution in [2.45, 2.75) is 45.3 Å². The minimum absolute atomic E-state index is 0.178. The molecule has 4 rings (SSSR count). The molecule has 0 spiro atoms. The number of amides is 1. The molecular formula is C18H23N3O2S. The minimum atomic E-state index is 0.178. The van der Waals surface area contributed by atoms with Crippen molar-refractivity contribution in [2.75, 3.05) is 19.7 Å². The van der Waals surface area contributed by atoms with Gasteiger partial charge in [0, 0.05) is 43.2 Å². The molecule has 1 saturated heterocycles. The minimum Gasteiger partial charge on any atom is -0.376 e.